The second-order valence-corrected chi connectivity index (χ2v) is 3.62. The van der Waals surface area contributed by atoms with E-state index in [-0.39, 0.29) is 11.8 Å². The van der Waals surface area contributed by atoms with Crippen molar-refractivity contribution in [2.24, 2.45) is 4.99 Å². The lowest BCUT2D eigenvalue weighted by molar-refractivity contribution is -0.121. The highest BCUT2D eigenvalue weighted by Crippen LogP contribution is 2.16. The van der Waals surface area contributed by atoms with Crippen molar-refractivity contribution in [2.45, 2.75) is 25.8 Å². The molecule has 0 aliphatic carbocycles. The second-order valence-electron chi connectivity index (χ2n) is 3.62. The van der Waals surface area contributed by atoms with Gasteiger partial charge in [-0.25, -0.2) is 0 Å². The Morgan fingerprint density at radius 3 is 2.77 bits per heavy atom. The SMILES string of the molecule is CC(=O)C(CC1=CN=CC1)N(C)C. The molecule has 1 rings (SSSR count). The average Bonchev–Trinajstić information content (AvgIpc) is 2.50. The van der Waals surface area contributed by atoms with Crippen molar-refractivity contribution >= 4 is 12.0 Å². The molecular weight excluding hydrogens is 164 g/mol. The van der Waals surface area contributed by atoms with Gasteiger partial charge in [-0.2, -0.15) is 0 Å². The number of carbonyl (C=O) groups is 1. The predicted octanol–water partition coefficient (Wildman–Crippen LogP) is 1.25. The van der Waals surface area contributed by atoms with E-state index in [1.807, 2.05) is 31.4 Å². The Balaban J connectivity index is 2.53. The molecule has 0 aromatic heterocycles. The fraction of sp³-hybridized carbons (Fsp3) is 0.600. The largest absolute Gasteiger partial charge is 0.300 e. The van der Waals surface area contributed by atoms with Gasteiger partial charge in [0.05, 0.1) is 6.04 Å². The van der Waals surface area contributed by atoms with Crippen molar-refractivity contribution in [1.82, 2.24) is 4.90 Å². The number of likely N-dealkylation sites (N-methyl/N-ethyl adjacent to an activating group) is 1. The quantitative estimate of drug-likeness (QED) is 0.652. The highest BCUT2D eigenvalue weighted by molar-refractivity contribution is 5.82. The summed E-state index contributed by atoms with van der Waals surface area (Å²) in [5.74, 6) is 0.220. The van der Waals surface area contributed by atoms with E-state index >= 15 is 0 Å². The van der Waals surface area contributed by atoms with Gasteiger partial charge in [0.2, 0.25) is 0 Å². The molecule has 72 valence electrons. The maximum Gasteiger partial charge on any atom is 0.147 e. The molecule has 3 heteroatoms. The normalized spacial score (nSPS) is 17.7. The fourth-order valence-corrected chi connectivity index (χ4v) is 1.46. The Bertz CT molecular complexity index is 254. The Hall–Kier alpha value is -0.960. The molecule has 1 aliphatic rings. The van der Waals surface area contributed by atoms with Gasteiger partial charge in [0.25, 0.3) is 0 Å². The van der Waals surface area contributed by atoms with Crippen LogP contribution in [0, 0.1) is 0 Å². The van der Waals surface area contributed by atoms with Crippen molar-refractivity contribution in [3.8, 4) is 0 Å². The van der Waals surface area contributed by atoms with E-state index in [4.69, 9.17) is 0 Å². The first kappa shape index (κ1) is 10.1. The lowest BCUT2D eigenvalue weighted by Crippen LogP contribution is -2.34. The van der Waals surface area contributed by atoms with Crippen molar-refractivity contribution in [3.63, 3.8) is 0 Å². The van der Waals surface area contributed by atoms with E-state index in [1.54, 1.807) is 6.92 Å². The van der Waals surface area contributed by atoms with Gasteiger partial charge in [0, 0.05) is 18.8 Å². The maximum absolute atomic E-state index is 11.3. The summed E-state index contributed by atoms with van der Waals surface area (Å²) < 4.78 is 0. The van der Waals surface area contributed by atoms with Crippen LogP contribution < -0.4 is 0 Å². The number of aliphatic imine (C=N–C) groups is 1. The third-order valence-corrected chi connectivity index (χ3v) is 2.26. The fourth-order valence-electron chi connectivity index (χ4n) is 1.46. The first-order valence-electron chi connectivity index (χ1n) is 4.47. The molecule has 0 aromatic rings. The molecule has 0 aromatic carbocycles. The monoisotopic (exact) mass is 180 g/mol. The number of rotatable bonds is 4. The predicted molar refractivity (Wildman–Crippen MR) is 54.0 cm³/mol. The average molecular weight is 180 g/mol. The Labute approximate surface area is 79.1 Å². The van der Waals surface area contributed by atoms with Crippen molar-refractivity contribution in [3.05, 3.63) is 11.8 Å². The molecule has 3 nitrogen and oxygen atoms in total. The van der Waals surface area contributed by atoms with E-state index in [2.05, 4.69) is 4.99 Å². The van der Waals surface area contributed by atoms with Gasteiger partial charge in [0.15, 0.2) is 0 Å². The van der Waals surface area contributed by atoms with Gasteiger partial charge < -0.3 is 0 Å². The van der Waals surface area contributed by atoms with Crippen LogP contribution in [0.1, 0.15) is 19.8 Å². The molecule has 0 radical (unpaired) electrons. The van der Waals surface area contributed by atoms with E-state index in [1.165, 1.54) is 5.57 Å². The molecule has 0 N–H and O–H groups in total. The lowest BCUT2D eigenvalue weighted by atomic mass is 10.0. The standard InChI is InChI=1S/C10H16N2O/c1-8(13)10(12(2)3)6-9-4-5-11-7-9/h5,7,10H,4,6H2,1-3H3. The highest BCUT2D eigenvalue weighted by Gasteiger charge is 2.18. The number of nitrogens with zero attached hydrogens (tertiary/aromatic N) is 2. The Morgan fingerprint density at radius 2 is 2.38 bits per heavy atom. The summed E-state index contributed by atoms with van der Waals surface area (Å²) in [6.07, 6.45) is 5.45. The molecule has 0 spiro atoms. The maximum atomic E-state index is 11.3. The highest BCUT2D eigenvalue weighted by atomic mass is 16.1. The zero-order chi connectivity index (χ0) is 9.84. The van der Waals surface area contributed by atoms with Crippen molar-refractivity contribution in [1.29, 1.82) is 0 Å². The minimum Gasteiger partial charge on any atom is -0.300 e. The number of carbonyl (C=O) groups excluding carboxylic acids is 1. The minimum absolute atomic E-state index is 0.00736. The van der Waals surface area contributed by atoms with Crippen LogP contribution in [0.2, 0.25) is 0 Å². The van der Waals surface area contributed by atoms with Crippen LogP contribution in [0.3, 0.4) is 0 Å². The summed E-state index contributed by atoms with van der Waals surface area (Å²) >= 11 is 0. The summed E-state index contributed by atoms with van der Waals surface area (Å²) in [5.41, 5.74) is 1.24. The smallest absolute Gasteiger partial charge is 0.147 e. The van der Waals surface area contributed by atoms with Gasteiger partial charge >= 0.3 is 0 Å². The zero-order valence-corrected chi connectivity index (χ0v) is 8.45. The van der Waals surface area contributed by atoms with Gasteiger partial charge in [-0.1, -0.05) is 0 Å². The molecule has 1 atom stereocenters. The molecule has 1 unspecified atom stereocenters. The van der Waals surface area contributed by atoms with Gasteiger partial charge in [0.1, 0.15) is 5.78 Å². The zero-order valence-electron chi connectivity index (χ0n) is 8.45. The first-order valence-corrected chi connectivity index (χ1v) is 4.47. The van der Waals surface area contributed by atoms with Crippen LogP contribution in [0.4, 0.5) is 0 Å². The summed E-state index contributed by atoms with van der Waals surface area (Å²) in [5, 5.41) is 0. The summed E-state index contributed by atoms with van der Waals surface area (Å²) in [4.78, 5) is 17.2. The van der Waals surface area contributed by atoms with E-state index in [0.29, 0.717) is 0 Å². The molecule has 0 amide bonds. The minimum atomic E-state index is 0.00736. The van der Waals surface area contributed by atoms with Crippen LogP contribution >= 0.6 is 0 Å². The topological polar surface area (TPSA) is 32.7 Å². The molecule has 13 heavy (non-hydrogen) atoms. The summed E-state index contributed by atoms with van der Waals surface area (Å²) in [7, 11) is 3.87. The molecular formula is C10H16N2O. The van der Waals surface area contributed by atoms with E-state index < -0.39 is 0 Å². The van der Waals surface area contributed by atoms with Crippen LogP contribution in [0.25, 0.3) is 0 Å². The van der Waals surface area contributed by atoms with Crippen LogP contribution in [-0.4, -0.2) is 37.0 Å². The Morgan fingerprint density at radius 1 is 1.69 bits per heavy atom. The number of ketones is 1. The van der Waals surface area contributed by atoms with Crippen LogP contribution in [0.5, 0.6) is 0 Å². The third kappa shape index (κ3) is 2.77. The third-order valence-electron chi connectivity index (χ3n) is 2.26. The van der Waals surface area contributed by atoms with Crippen LogP contribution in [0.15, 0.2) is 16.8 Å². The lowest BCUT2D eigenvalue weighted by Gasteiger charge is -2.21. The van der Waals surface area contributed by atoms with Gasteiger partial charge in [-0.3, -0.25) is 14.7 Å². The molecule has 0 saturated heterocycles. The van der Waals surface area contributed by atoms with E-state index in [9.17, 15) is 4.79 Å². The molecule has 1 aliphatic heterocycles. The van der Waals surface area contributed by atoms with Crippen molar-refractivity contribution < 1.29 is 4.79 Å². The van der Waals surface area contributed by atoms with Gasteiger partial charge in [-0.15, -0.1) is 0 Å². The number of hydrogen-bond donors (Lipinski definition) is 0. The van der Waals surface area contributed by atoms with E-state index in [0.717, 1.165) is 12.8 Å². The molecule has 0 saturated carbocycles. The number of hydrogen-bond acceptors (Lipinski definition) is 3. The summed E-state index contributed by atoms with van der Waals surface area (Å²) in [6.45, 7) is 1.64. The molecule has 0 fully saturated rings. The van der Waals surface area contributed by atoms with Crippen LogP contribution in [-0.2, 0) is 4.79 Å². The van der Waals surface area contributed by atoms with Gasteiger partial charge in [-0.05, 0) is 33.0 Å². The number of Topliss-reactive ketones (excluding diaryl/α,β-unsaturated/α-hetero) is 1. The van der Waals surface area contributed by atoms with Crippen molar-refractivity contribution in [2.75, 3.05) is 14.1 Å². The summed E-state index contributed by atoms with van der Waals surface area (Å²) in [6, 6.07) is 0.00736. The first-order chi connectivity index (χ1) is 6.11. The Kier molecular flexibility index (Phi) is 3.37. The second kappa shape index (κ2) is 4.33. The molecule has 0 bridgehead atoms. The molecule has 1 heterocycles.